The van der Waals surface area contributed by atoms with Gasteiger partial charge in [-0.2, -0.15) is 0 Å². The highest BCUT2D eigenvalue weighted by Gasteiger charge is 2.42. The highest BCUT2D eigenvalue weighted by atomic mass is 28.4. The normalized spacial score (nSPS) is 15.3. The van der Waals surface area contributed by atoms with Crippen LogP contribution in [0.15, 0.2) is 277 Å². The van der Waals surface area contributed by atoms with E-state index in [1.54, 1.807) is 6.07 Å². The van der Waals surface area contributed by atoms with Gasteiger partial charge in [0.15, 0.2) is 28.8 Å². The highest BCUT2D eigenvalue weighted by Crippen LogP contribution is 2.52. The van der Waals surface area contributed by atoms with E-state index in [-0.39, 0.29) is 71.7 Å². The number of aliphatic imine (C=N–C) groups is 2. The average molecular weight is 1960 g/mol. The number of anilines is 4. The first kappa shape index (κ1) is 109. The van der Waals surface area contributed by atoms with Gasteiger partial charge in [-0.15, -0.1) is 0 Å². The van der Waals surface area contributed by atoms with Gasteiger partial charge in [-0.25, -0.2) is 9.98 Å². The van der Waals surface area contributed by atoms with E-state index < -0.39 is 47.5 Å². The highest BCUT2D eigenvalue weighted by molar-refractivity contribution is 6.74. The zero-order chi connectivity index (χ0) is 104. The number of benzene rings is 12. The molecule has 7 aliphatic rings. The molecule has 0 aromatic heterocycles. The van der Waals surface area contributed by atoms with E-state index in [4.69, 9.17) is 45.4 Å². The van der Waals surface area contributed by atoms with E-state index in [1.807, 2.05) is 177 Å². The molecule has 12 aromatic carbocycles. The van der Waals surface area contributed by atoms with Gasteiger partial charge in [0.1, 0.15) is 0 Å². The van der Waals surface area contributed by atoms with Crippen LogP contribution in [0.1, 0.15) is 194 Å². The Bertz CT molecular complexity index is 6520. The molecule has 6 aliphatic carbocycles. The van der Waals surface area contributed by atoms with Crippen LogP contribution in [0.2, 0.25) is 36.3 Å². The Labute approximate surface area is 837 Å². The first-order valence-electron chi connectivity index (χ1n) is 48.1. The van der Waals surface area contributed by atoms with Crippen LogP contribution in [0.5, 0.6) is 0 Å². The molecule has 0 radical (unpaired) electrons. The van der Waals surface area contributed by atoms with Crippen molar-refractivity contribution in [2.24, 2.45) is 9.98 Å². The van der Waals surface area contributed by atoms with Crippen LogP contribution < -0.4 is 32.7 Å². The van der Waals surface area contributed by atoms with Crippen LogP contribution >= 0.6 is 0 Å². The van der Waals surface area contributed by atoms with Gasteiger partial charge < -0.3 is 71.1 Å². The SMILES string of the molecule is CC(C)(C)OC([O-])=Nc1ccc2c(c1)C(CO)c1ccccc1-2.CC(C)(C)OC([O-])=Nc1ccc2c(c1)Cc1ccccc1-2.CC(C)(C)[Si](C)(C)OCC1c2ccccc2-c2ccc(N)cc21.CC(C)(C)[Si](C)(C)OCC1c2ccccc2-c2ccc(NC(=O)CCN3C(=O)C=CC3=O)cc21.CCOCC.CO.FB(F)F.Nc1ccc2c(c1)C(CO)c1ccccc1-2.Nc1ccc2c(c1)Cc1ccccc1-2. The number of carbonyl (C=O) groups is 3. The molecular formula is C116H135BF3N7O13Si2-2. The standard InChI is InChI=1S/C27H32N2O4Si.C20H27NOSi.C19H21NO3.C18H19NO2.C14H13NO.C13H11N.C4H10O.CH4O.BF3/c1-27(2,3)34(4,5)33-17-23-20-9-7-6-8-19(20)21-11-10-18(16-22(21)23)28-24(30)14-15-29-25(31)12-13-26(29)32;1-20(2,3)23(4,5)22-13-19-16-9-7-6-8-15(16)17-11-10-14(21)12-18(17)19;1-19(2,3)23-18(22)20-12-8-9-15-13-6-4-5-7-14(13)17(11-21)16(15)10-12;1-18(2,3)21-17(20)19-14-8-9-16-13(11-14)10-12-6-4-5-7-15(12)16;15-9-5-6-12-10-3-1-2-4-11(10)14(8-16)13(12)7-9;14-11-5-6-13-10(8-11)7-9-3-1-2-4-12(9)13;1-3-5-4-2;1-2;2-1(3)4/h6-13,16,23H,14-15,17H2,1-5H3,(H,28,30);6-12,19H,13,21H2,1-5H3;4-10,17,21H,11H2,1-3H3,(H,20,22);4-9,11H,10H2,1-3H3,(H,19,20);1-7,14,16H,8,15H2;1-6,8H,7,14H2;3-4H2,1-2H3;2H,1H3;/p-2. The van der Waals surface area contributed by atoms with Gasteiger partial charge in [0, 0.05) is 116 Å². The maximum atomic E-state index is 12.6. The van der Waals surface area contributed by atoms with E-state index in [2.05, 4.69) is 210 Å². The summed E-state index contributed by atoms with van der Waals surface area (Å²) in [5, 5.41) is 53.2. The van der Waals surface area contributed by atoms with Crippen molar-refractivity contribution in [1.82, 2.24) is 4.90 Å². The van der Waals surface area contributed by atoms with E-state index >= 15 is 0 Å². The molecule has 0 fully saturated rings. The summed E-state index contributed by atoms with van der Waals surface area (Å²) < 4.78 is 57.4. The third kappa shape index (κ3) is 27.4. The van der Waals surface area contributed by atoms with Crippen molar-refractivity contribution in [3.05, 3.63) is 334 Å². The predicted octanol–water partition coefficient (Wildman–Crippen LogP) is 23.6. The summed E-state index contributed by atoms with van der Waals surface area (Å²) in [7, 11) is -6.35. The molecule has 26 heteroatoms. The number of halogens is 3. The van der Waals surface area contributed by atoms with Crippen molar-refractivity contribution in [2.75, 3.05) is 75.8 Å². The number of carbonyl (C=O) groups excluding carboxylic acids is 3. The lowest BCUT2D eigenvalue weighted by Gasteiger charge is -2.37. The number of rotatable bonds is 16. The number of nitrogen functional groups attached to an aromatic ring is 3. The Morgan fingerprint density at radius 2 is 0.718 bits per heavy atom. The number of amides is 3. The molecule has 0 bridgehead atoms. The quantitative estimate of drug-likeness (QED) is 0.0155. The first-order valence-corrected chi connectivity index (χ1v) is 53.9. The molecular weight excluding hydrogens is 1820 g/mol. The Hall–Kier alpha value is -13.0. The second-order valence-corrected chi connectivity index (χ2v) is 50.1. The Balaban J connectivity index is 0.000000162. The third-order valence-electron chi connectivity index (χ3n) is 26.4. The fourth-order valence-corrected chi connectivity index (χ4v) is 19.7. The second kappa shape index (κ2) is 47.7. The molecule has 1 heterocycles. The average Bonchev–Trinajstić information content (AvgIpc) is 1.62. The summed E-state index contributed by atoms with van der Waals surface area (Å²) >= 11 is 0. The molecule has 10 N–H and O–H groups in total. The molecule has 0 spiro atoms. The molecule has 19 rings (SSSR count). The van der Waals surface area contributed by atoms with Gasteiger partial charge in [-0.3, -0.25) is 32.2 Å². The molecule has 3 amide bonds. The number of ether oxygens (including phenoxy) is 3. The molecule has 20 nitrogen and oxygen atoms in total. The minimum absolute atomic E-state index is 0.0277. The lowest BCUT2D eigenvalue weighted by molar-refractivity contribution is -0.260. The second-order valence-electron chi connectivity index (χ2n) is 40.4. The summed E-state index contributed by atoms with van der Waals surface area (Å²) in [4.78, 5) is 45.1. The number of aliphatic hydroxyl groups excluding tert-OH is 3. The largest absolute Gasteiger partial charge is 0.762 e. The van der Waals surface area contributed by atoms with E-state index in [1.165, 1.54) is 107 Å². The smallest absolute Gasteiger partial charge is 0.594 e. The predicted molar refractivity (Wildman–Crippen MR) is 572 cm³/mol. The van der Waals surface area contributed by atoms with Crippen molar-refractivity contribution < 1.29 is 75.9 Å². The van der Waals surface area contributed by atoms with Crippen molar-refractivity contribution in [1.29, 1.82) is 0 Å². The molecule has 0 saturated carbocycles. The number of nitrogens with two attached hydrogens (primary N) is 3. The summed E-state index contributed by atoms with van der Waals surface area (Å²) in [5.41, 5.74) is 50.5. The van der Waals surface area contributed by atoms with Crippen molar-refractivity contribution >= 4 is 88.2 Å². The monoisotopic (exact) mass is 1960 g/mol. The van der Waals surface area contributed by atoms with Crippen LogP contribution in [0.3, 0.4) is 0 Å². The van der Waals surface area contributed by atoms with Crippen LogP contribution in [-0.4, -0.2) is 139 Å². The van der Waals surface area contributed by atoms with Crippen LogP contribution in [-0.2, 0) is 50.3 Å². The van der Waals surface area contributed by atoms with Crippen LogP contribution in [0, 0.1) is 0 Å². The van der Waals surface area contributed by atoms with Crippen LogP contribution in [0.4, 0.5) is 47.1 Å². The lowest BCUT2D eigenvalue weighted by atomic mass is 9.98. The zero-order valence-electron chi connectivity index (χ0n) is 85.0. The van der Waals surface area contributed by atoms with E-state index in [0.29, 0.717) is 29.6 Å². The number of imide groups is 1. The summed E-state index contributed by atoms with van der Waals surface area (Å²) in [6.07, 6.45) is 3.27. The van der Waals surface area contributed by atoms with E-state index in [9.17, 15) is 47.8 Å². The maximum Gasteiger partial charge on any atom is 0.762 e. The summed E-state index contributed by atoms with van der Waals surface area (Å²) in [6.45, 7) is 40.9. The number of hydrogen-bond donors (Lipinski definition) is 7. The maximum absolute atomic E-state index is 12.6. The van der Waals surface area contributed by atoms with E-state index in [0.717, 1.165) is 101 Å². The van der Waals surface area contributed by atoms with Crippen LogP contribution in [0.25, 0.3) is 66.8 Å². The molecule has 4 atom stereocenters. The molecule has 746 valence electrons. The van der Waals surface area contributed by atoms with Gasteiger partial charge >= 0.3 is 7.54 Å². The van der Waals surface area contributed by atoms with Gasteiger partial charge in [-0.1, -0.05) is 265 Å². The van der Waals surface area contributed by atoms with Gasteiger partial charge in [0.05, 0.1) is 24.6 Å². The zero-order valence-corrected chi connectivity index (χ0v) is 87.0. The number of fused-ring (bicyclic) bond motifs is 18. The van der Waals surface area contributed by atoms with Crippen molar-refractivity contribution in [3.63, 3.8) is 0 Å². The molecule has 1 aliphatic heterocycles. The third-order valence-corrected chi connectivity index (χ3v) is 35.4. The number of nitrogens with one attached hydrogen (secondary N) is 1. The number of aliphatic hydroxyl groups is 3. The fraction of sp³-hybridized carbons (Fsp3) is 0.319. The number of hydrogen-bond acceptors (Lipinski definition) is 18. The number of nitrogens with zero attached hydrogens (tertiary/aromatic N) is 3. The Morgan fingerprint density at radius 1 is 0.415 bits per heavy atom. The fourth-order valence-electron chi connectivity index (χ4n) is 17.6. The minimum atomic E-state index is -3.67. The molecule has 12 aromatic rings. The van der Waals surface area contributed by atoms with Gasteiger partial charge in [-0.05, 0) is 269 Å². The molecule has 142 heavy (non-hydrogen) atoms. The van der Waals surface area contributed by atoms with Crippen molar-refractivity contribution in [2.45, 2.75) is 187 Å². The minimum Gasteiger partial charge on any atom is -0.594 e. The topological polar surface area (TPSA) is 322 Å². The Kier molecular flexibility index (Phi) is 36.7. The van der Waals surface area contributed by atoms with Crippen molar-refractivity contribution in [3.8, 4) is 66.8 Å². The lowest BCUT2D eigenvalue weighted by Crippen LogP contribution is -2.41. The Morgan fingerprint density at radius 3 is 1.10 bits per heavy atom. The molecule has 0 saturated heterocycles. The van der Waals surface area contributed by atoms with Gasteiger partial charge in [0.2, 0.25) is 5.91 Å². The summed E-state index contributed by atoms with van der Waals surface area (Å²) in [5.74, 6) is -0.598. The first-order chi connectivity index (χ1) is 67.3. The molecule has 4 unspecified atom stereocenters. The summed E-state index contributed by atoms with van der Waals surface area (Å²) in [6, 6.07) is 86.0. The van der Waals surface area contributed by atoms with Gasteiger partial charge in [0.25, 0.3) is 11.8 Å².